The Balaban J connectivity index is 0.000000364. The number of likely N-dealkylation sites (tertiary alicyclic amines) is 1. The number of aromatic nitrogens is 3. The van der Waals surface area contributed by atoms with Crippen LogP contribution in [-0.4, -0.2) is 74.6 Å². The van der Waals surface area contributed by atoms with Crippen molar-refractivity contribution in [3.63, 3.8) is 0 Å². The van der Waals surface area contributed by atoms with Crippen molar-refractivity contribution in [1.29, 1.82) is 0 Å². The minimum atomic E-state index is -5.08. The van der Waals surface area contributed by atoms with E-state index in [2.05, 4.69) is 21.2 Å². The number of ether oxygens (including phenoxy) is 2. The van der Waals surface area contributed by atoms with E-state index in [1.54, 1.807) is 0 Å². The van der Waals surface area contributed by atoms with Crippen LogP contribution in [0.3, 0.4) is 0 Å². The smallest absolute Gasteiger partial charge is 0.475 e. The van der Waals surface area contributed by atoms with Gasteiger partial charge in [-0.2, -0.15) is 18.3 Å². The van der Waals surface area contributed by atoms with E-state index < -0.39 is 12.1 Å². The van der Waals surface area contributed by atoms with Crippen molar-refractivity contribution >= 4 is 11.9 Å². The zero-order chi connectivity index (χ0) is 25.2. The van der Waals surface area contributed by atoms with Crippen molar-refractivity contribution in [2.45, 2.75) is 63.5 Å². The van der Waals surface area contributed by atoms with Crippen molar-refractivity contribution < 1.29 is 37.3 Å². The summed E-state index contributed by atoms with van der Waals surface area (Å²) in [5.41, 5.74) is 4.83. The monoisotopic (exact) mass is 496 g/mol. The molecule has 12 heteroatoms. The number of hydrogen-bond acceptors (Lipinski definition) is 6. The summed E-state index contributed by atoms with van der Waals surface area (Å²) in [6.45, 7) is 4.53. The summed E-state index contributed by atoms with van der Waals surface area (Å²) in [6.07, 6.45) is 3.55. The van der Waals surface area contributed by atoms with E-state index in [0.717, 1.165) is 54.5 Å². The van der Waals surface area contributed by atoms with Gasteiger partial charge in [0, 0.05) is 36.7 Å². The molecule has 0 bridgehead atoms. The normalized spacial score (nSPS) is 20.6. The third kappa shape index (κ3) is 5.81. The van der Waals surface area contributed by atoms with Gasteiger partial charge in [0.1, 0.15) is 5.60 Å². The number of alkyl halides is 3. The maximum Gasteiger partial charge on any atom is 0.490 e. The molecule has 1 spiro atoms. The van der Waals surface area contributed by atoms with Gasteiger partial charge in [0.05, 0.1) is 25.8 Å². The molecule has 1 unspecified atom stereocenters. The first kappa shape index (κ1) is 25.1. The lowest BCUT2D eigenvalue weighted by atomic mass is 9.84. The lowest BCUT2D eigenvalue weighted by Gasteiger charge is -2.52. The summed E-state index contributed by atoms with van der Waals surface area (Å²) in [4.78, 5) is 27.8. The second kappa shape index (κ2) is 9.94. The predicted molar refractivity (Wildman–Crippen MR) is 116 cm³/mol. The number of carbonyl (C=O) groups excluding carboxylic acids is 1. The number of nitrogens with zero attached hydrogens (tertiary/aromatic N) is 3. The van der Waals surface area contributed by atoms with E-state index in [1.165, 1.54) is 0 Å². The fourth-order valence-corrected chi connectivity index (χ4v) is 4.69. The van der Waals surface area contributed by atoms with Gasteiger partial charge in [-0.25, -0.2) is 4.79 Å². The zero-order valence-electron chi connectivity index (χ0n) is 19.2. The van der Waals surface area contributed by atoms with Gasteiger partial charge in [-0.1, -0.05) is 6.07 Å². The van der Waals surface area contributed by atoms with Crippen LogP contribution in [0.5, 0.6) is 0 Å². The Hall–Kier alpha value is -2.99. The molecule has 2 fully saturated rings. The van der Waals surface area contributed by atoms with E-state index in [9.17, 15) is 18.0 Å². The number of H-pyrrole nitrogens is 1. The molecule has 190 valence electrons. The fourth-order valence-electron chi connectivity index (χ4n) is 4.69. The average Bonchev–Trinajstić information content (AvgIpc) is 3.40. The van der Waals surface area contributed by atoms with Crippen LogP contribution in [0.25, 0.3) is 0 Å². The minimum absolute atomic E-state index is 0.0301. The lowest BCUT2D eigenvalue weighted by Crippen LogP contribution is -2.67. The van der Waals surface area contributed by atoms with Crippen LogP contribution in [0.1, 0.15) is 52.1 Å². The highest BCUT2D eigenvalue weighted by Gasteiger charge is 2.50. The van der Waals surface area contributed by atoms with Crippen LogP contribution < -0.4 is 0 Å². The number of carboxylic acids is 1. The Morgan fingerprint density at radius 2 is 2.06 bits per heavy atom. The third-order valence-corrected chi connectivity index (χ3v) is 6.36. The van der Waals surface area contributed by atoms with Crippen molar-refractivity contribution in [3.05, 3.63) is 46.5 Å². The Morgan fingerprint density at radius 1 is 1.31 bits per heavy atom. The van der Waals surface area contributed by atoms with Crippen LogP contribution in [0.15, 0.2) is 18.5 Å². The molecule has 3 aliphatic rings. The molecule has 4 heterocycles. The molecule has 2 saturated heterocycles. The first-order valence-corrected chi connectivity index (χ1v) is 11.4. The summed E-state index contributed by atoms with van der Waals surface area (Å²) in [7, 11) is 0. The summed E-state index contributed by atoms with van der Waals surface area (Å²) in [5, 5.41) is 14.4. The molecule has 2 aromatic rings. The van der Waals surface area contributed by atoms with Crippen LogP contribution in [0.2, 0.25) is 0 Å². The van der Waals surface area contributed by atoms with Crippen LogP contribution in [0.4, 0.5) is 13.2 Å². The largest absolute Gasteiger partial charge is 0.490 e. The first-order valence-electron chi connectivity index (χ1n) is 11.4. The van der Waals surface area contributed by atoms with Crippen LogP contribution >= 0.6 is 0 Å². The molecule has 0 saturated carbocycles. The number of carbonyl (C=O) groups is 2. The molecule has 2 aromatic heterocycles. The number of amides is 1. The number of fused-ring (bicyclic) bond motifs is 1. The Bertz CT molecular complexity index is 1080. The summed E-state index contributed by atoms with van der Waals surface area (Å²) in [6, 6.07) is 2.11. The summed E-state index contributed by atoms with van der Waals surface area (Å²) >= 11 is 0. The molecular formula is C23H27F3N4O5. The van der Waals surface area contributed by atoms with Gasteiger partial charge in [-0.15, -0.1) is 0 Å². The second-order valence-electron chi connectivity index (χ2n) is 9.17. The molecule has 1 aliphatic carbocycles. The molecule has 35 heavy (non-hydrogen) atoms. The predicted octanol–water partition coefficient (Wildman–Crippen LogP) is 2.83. The van der Waals surface area contributed by atoms with E-state index in [4.69, 9.17) is 19.4 Å². The number of aliphatic carboxylic acids is 1. The quantitative estimate of drug-likeness (QED) is 0.668. The van der Waals surface area contributed by atoms with Crippen LogP contribution in [-0.2, 0) is 33.7 Å². The number of aromatic amines is 1. The number of aryl methyl sites for hydroxylation is 2. The Labute approximate surface area is 199 Å². The van der Waals surface area contributed by atoms with Gasteiger partial charge >= 0.3 is 12.1 Å². The molecule has 0 radical (unpaired) electrons. The summed E-state index contributed by atoms with van der Waals surface area (Å²) in [5.74, 6) is -2.73. The minimum Gasteiger partial charge on any atom is -0.475 e. The standard InChI is InChI=1S/C21H26N4O3.C2HF3O2/c1-14-7-15(10-22-9-14)11-27-16-5-6-28-21(8-16)12-25(13-21)20(26)19-17-3-2-4-18(17)23-24-19;3-2(4,5)1(6)7/h7,9-10,16H,2-6,8,11-13H2,1H3,(H,23,24);(H,6,7). The van der Waals surface area contributed by atoms with Crippen molar-refractivity contribution in [2.24, 2.45) is 0 Å². The topological polar surface area (TPSA) is 118 Å². The van der Waals surface area contributed by atoms with Gasteiger partial charge in [0.15, 0.2) is 5.69 Å². The zero-order valence-corrected chi connectivity index (χ0v) is 19.2. The summed E-state index contributed by atoms with van der Waals surface area (Å²) < 4.78 is 44.0. The molecule has 2 aliphatic heterocycles. The maximum absolute atomic E-state index is 12.8. The van der Waals surface area contributed by atoms with Crippen molar-refractivity contribution in [1.82, 2.24) is 20.1 Å². The molecule has 2 N–H and O–H groups in total. The van der Waals surface area contributed by atoms with E-state index >= 15 is 0 Å². The molecular weight excluding hydrogens is 469 g/mol. The highest BCUT2D eigenvalue weighted by Crippen LogP contribution is 2.37. The van der Waals surface area contributed by atoms with E-state index in [-0.39, 0.29) is 17.6 Å². The number of nitrogens with one attached hydrogen (secondary N) is 1. The molecule has 5 rings (SSSR count). The SMILES string of the molecule is Cc1cncc(COC2CCOC3(C2)CN(C(=O)c2n[nH]c4c2CCC4)C3)c1.O=C(O)C(F)(F)F. The van der Waals surface area contributed by atoms with E-state index in [0.29, 0.717) is 32.0 Å². The molecule has 0 aromatic carbocycles. The van der Waals surface area contributed by atoms with Crippen molar-refractivity contribution in [2.75, 3.05) is 19.7 Å². The Morgan fingerprint density at radius 3 is 2.74 bits per heavy atom. The fraction of sp³-hybridized carbons (Fsp3) is 0.565. The highest BCUT2D eigenvalue weighted by atomic mass is 19.4. The average molecular weight is 496 g/mol. The number of halogens is 3. The van der Waals surface area contributed by atoms with Crippen LogP contribution in [0, 0.1) is 6.92 Å². The van der Waals surface area contributed by atoms with Crippen molar-refractivity contribution in [3.8, 4) is 0 Å². The second-order valence-corrected chi connectivity index (χ2v) is 9.17. The number of rotatable bonds is 4. The van der Waals surface area contributed by atoms with Gasteiger partial charge in [-0.3, -0.25) is 14.9 Å². The lowest BCUT2D eigenvalue weighted by molar-refractivity contribution is -0.192. The number of carboxylic acid groups (broad SMARTS) is 1. The van der Waals surface area contributed by atoms with E-state index in [1.807, 2.05) is 24.2 Å². The van der Waals surface area contributed by atoms with Gasteiger partial charge in [-0.05, 0) is 43.7 Å². The number of hydrogen-bond donors (Lipinski definition) is 2. The number of pyridine rings is 1. The van der Waals surface area contributed by atoms with Gasteiger partial charge < -0.3 is 19.5 Å². The molecule has 9 nitrogen and oxygen atoms in total. The molecule has 1 atom stereocenters. The maximum atomic E-state index is 12.8. The molecule has 1 amide bonds. The van der Waals surface area contributed by atoms with Gasteiger partial charge in [0.2, 0.25) is 0 Å². The Kier molecular flexibility index (Phi) is 7.13. The third-order valence-electron chi connectivity index (χ3n) is 6.36. The highest BCUT2D eigenvalue weighted by molar-refractivity contribution is 5.95. The van der Waals surface area contributed by atoms with Gasteiger partial charge in [0.25, 0.3) is 5.91 Å². The first-order chi connectivity index (χ1) is 16.6.